The number of carbonyl (C=O) groups is 1. The highest BCUT2D eigenvalue weighted by Gasteiger charge is 2.26. The summed E-state index contributed by atoms with van der Waals surface area (Å²) in [5.41, 5.74) is 6.95. The van der Waals surface area contributed by atoms with Crippen LogP contribution in [0.1, 0.15) is 58.9 Å². The van der Waals surface area contributed by atoms with Gasteiger partial charge in [-0.1, -0.05) is 26.8 Å². The Hall–Kier alpha value is -2.31. The van der Waals surface area contributed by atoms with Crippen LogP contribution in [0.25, 0.3) is 0 Å². The molecule has 2 heterocycles. The molecule has 1 amide bonds. The van der Waals surface area contributed by atoms with E-state index in [-0.39, 0.29) is 11.8 Å². The molecule has 1 fully saturated rings. The van der Waals surface area contributed by atoms with Gasteiger partial charge in [0, 0.05) is 44.5 Å². The maximum atomic E-state index is 11.6. The number of pyridine rings is 1. The largest absolute Gasteiger partial charge is 0.369 e. The van der Waals surface area contributed by atoms with E-state index in [1.165, 1.54) is 0 Å². The molecule has 2 atom stereocenters. The number of piperidine rings is 1. The quantitative estimate of drug-likeness (QED) is 0.481. The predicted octanol–water partition coefficient (Wildman–Crippen LogP) is 2.66. The van der Waals surface area contributed by atoms with Crippen LogP contribution in [0.3, 0.4) is 0 Å². The SMILES string of the molecule is CN=C(NCc1cccnc1N1CCCC(C(N)=O)C1)NC(C)CCC(C)(C)C. The molecule has 1 saturated heterocycles. The van der Waals surface area contributed by atoms with Gasteiger partial charge in [0.2, 0.25) is 5.91 Å². The third kappa shape index (κ3) is 7.55. The molecular weight excluding hydrogens is 364 g/mol. The van der Waals surface area contributed by atoms with Crippen molar-refractivity contribution < 1.29 is 4.79 Å². The topological polar surface area (TPSA) is 95.6 Å². The molecule has 4 N–H and O–H groups in total. The van der Waals surface area contributed by atoms with Crippen LogP contribution in [-0.4, -0.2) is 43.0 Å². The van der Waals surface area contributed by atoms with Gasteiger partial charge in [-0.3, -0.25) is 9.79 Å². The summed E-state index contributed by atoms with van der Waals surface area (Å²) in [6.45, 7) is 11.1. The van der Waals surface area contributed by atoms with E-state index in [1.54, 1.807) is 13.2 Å². The normalized spacial score (nSPS) is 19.0. The fourth-order valence-electron chi connectivity index (χ4n) is 3.58. The van der Waals surface area contributed by atoms with Crippen LogP contribution < -0.4 is 21.3 Å². The number of rotatable bonds is 7. The van der Waals surface area contributed by atoms with Crippen molar-refractivity contribution in [1.29, 1.82) is 0 Å². The average molecular weight is 403 g/mol. The van der Waals surface area contributed by atoms with Crippen LogP contribution in [0, 0.1) is 11.3 Å². The number of nitrogens with one attached hydrogen (secondary N) is 2. The molecule has 7 heteroatoms. The first-order valence-corrected chi connectivity index (χ1v) is 10.6. The summed E-state index contributed by atoms with van der Waals surface area (Å²) in [6.07, 6.45) is 5.85. The van der Waals surface area contributed by atoms with Crippen molar-refractivity contribution >= 4 is 17.7 Å². The van der Waals surface area contributed by atoms with E-state index in [2.05, 4.69) is 59.3 Å². The number of nitrogens with zero attached hydrogens (tertiary/aromatic N) is 3. The fourth-order valence-corrected chi connectivity index (χ4v) is 3.58. The Balaban J connectivity index is 1.97. The molecule has 0 bridgehead atoms. The number of hydrogen-bond donors (Lipinski definition) is 3. The van der Waals surface area contributed by atoms with E-state index in [1.807, 2.05) is 6.07 Å². The highest BCUT2D eigenvalue weighted by molar-refractivity contribution is 5.80. The molecule has 0 aliphatic carbocycles. The van der Waals surface area contributed by atoms with Gasteiger partial charge in [-0.05, 0) is 44.1 Å². The predicted molar refractivity (Wildman–Crippen MR) is 120 cm³/mol. The summed E-state index contributed by atoms with van der Waals surface area (Å²) in [7, 11) is 1.79. The van der Waals surface area contributed by atoms with E-state index in [4.69, 9.17) is 5.73 Å². The van der Waals surface area contributed by atoms with Crippen LogP contribution in [0.15, 0.2) is 23.3 Å². The summed E-state index contributed by atoms with van der Waals surface area (Å²) in [5, 5.41) is 6.88. The van der Waals surface area contributed by atoms with Crippen LogP contribution in [0.4, 0.5) is 5.82 Å². The molecule has 0 radical (unpaired) electrons. The number of nitrogens with two attached hydrogens (primary N) is 1. The molecule has 1 aliphatic rings. The Labute approximate surface area is 175 Å². The van der Waals surface area contributed by atoms with Gasteiger partial charge in [0.05, 0.1) is 5.92 Å². The minimum Gasteiger partial charge on any atom is -0.369 e. The maximum Gasteiger partial charge on any atom is 0.222 e. The number of aliphatic imine (C=N–C) groups is 1. The maximum absolute atomic E-state index is 11.6. The smallest absolute Gasteiger partial charge is 0.222 e. The van der Waals surface area contributed by atoms with Crippen LogP contribution >= 0.6 is 0 Å². The summed E-state index contributed by atoms with van der Waals surface area (Å²) in [6, 6.07) is 4.35. The lowest BCUT2D eigenvalue weighted by molar-refractivity contribution is -0.122. The Morgan fingerprint density at radius 2 is 2.21 bits per heavy atom. The molecule has 0 aromatic carbocycles. The second-order valence-electron chi connectivity index (χ2n) is 9.24. The van der Waals surface area contributed by atoms with Gasteiger partial charge >= 0.3 is 0 Å². The number of hydrogen-bond acceptors (Lipinski definition) is 4. The van der Waals surface area contributed by atoms with Gasteiger partial charge in [0.1, 0.15) is 5.82 Å². The van der Waals surface area contributed by atoms with E-state index >= 15 is 0 Å². The number of amides is 1. The molecule has 7 nitrogen and oxygen atoms in total. The highest BCUT2D eigenvalue weighted by atomic mass is 16.1. The Kier molecular flexibility index (Phi) is 8.29. The van der Waals surface area contributed by atoms with Gasteiger partial charge in [-0.2, -0.15) is 0 Å². The molecule has 2 rings (SSSR count). The van der Waals surface area contributed by atoms with Crippen LogP contribution in [0.2, 0.25) is 0 Å². The van der Waals surface area contributed by atoms with Crippen molar-refractivity contribution in [2.75, 3.05) is 25.0 Å². The molecule has 162 valence electrons. The summed E-state index contributed by atoms with van der Waals surface area (Å²) in [5.74, 6) is 1.38. The average Bonchev–Trinajstić information content (AvgIpc) is 2.69. The number of aromatic nitrogens is 1. The van der Waals surface area contributed by atoms with Crippen LogP contribution in [-0.2, 0) is 11.3 Å². The monoisotopic (exact) mass is 402 g/mol. The van der Waals surface area contributed by atoms with E-state index in [0.717, 1.165) is 49.6 Å². The lowest BCUT2D eigenvalue weighted by atomic mass is 9.89. The van der Waals surface area contributed by atoms with Crippen molar-refractivity contribution in [3.8, 4) is 0 Å². The Bertz CT molecular complexity index is 697. The zero-order chi connectivity index (χ0) is 21.4. The Morgan fingerprint density at radius 1 is 1.45 bits per heavy atom. The van der Waals surface area contributed by atoms with E-state index < -0.39 is 0 Å². The molecule has 1 aromatic heterocycles. The van der Waals surface area contributed by atoms with Crippen molar-refractivity contribution in [2.24, 2.45) is 22.1 Å². The highest BCUT2D eigenvalue weighted by Crippen LogP contribution is 2.24. The molecule has 1 aromatic rings. The molecule has 29 heavy (non-hydrogen) atoms. The number of primary amides is 1. The Morgan fingerprint density at radius 3 is 2.86 bits per heavy atom. The molecule has 0 saturated carbocycles. The first-order chi connectivity index (χ1) is 13.7. The standard InChI is InChI=1S/C22H38N6O/c1-16(10-11-22(2,3)4)27-21(24-5)26-14-17-8-6-12-25-20(17)28-13-7-9-18(15-28)19(23)29/h6,8,12,16,18H,7,9-11,13-15H2,1-5H3,(H2,23,29)(H2,24,26,27). The van der Waals surface area contributed by atoms with Gasteiger partial charge in [0.15, 0.2) is 5.96 Å². The third-order valence-corrected chi connectivity index (χ3v) is 5.37. The first kappa shape index (κ1) is 23.0. The molecule has 2 unspecified atom stereocenters. The summed E-state index contributed by atoms with van der Waals surface area (Å²) >= 11 is 0. The van der Waals surface area contributed by atoms with Crippen LogP contribution in [0.5, 0.6) is 0 Å². The van der Waals surface area contributed by atoms with E-state index in [9.17, 15) is 4.79 Å². The number of carbonyl (C=O) groups excluding carboxylic acids is 1. The van der Waals surface area contributed by atoms with E-state index in [0.29, 0.717) is 24.5 Å². The number of anilines is 1. The van der Waals surface area contributed by atoms with Crippen molar-refractivity contribution in [3.63, 3.8) is 0 Å². The third-order valence-electron chi connectivity index (χ3n) is 5.37. The van der Waals surface area contributed by atoms with Crippen molar-refractivity contribution in [1.82, 2.24) is 15.6 Å². The zero-order valence-corrected chi connectivity index (χ0v) is 18.7. The lowest BCUT2D eigenvalue weighted by Crippen LogP contribution is -2.43. The molecule has 0 spiro atoms. The summed E-state index contributed by atoms with van der Waals surface area (Å²) < 4.78 is 0. The molecular formula is C22H38N6O. The second-order valence-corrected chi connectivity index (χ2v) is 9.24. The van der Waals surface area contributed by atoms with Crippen molar-refractivity contribution in [3.05, 3.63) is 23.9 Å². The summed E-state index contributed by atoms with van der Waals surface area (Å²) in [4.78, 5) is 22.8. The first-order valence-electron chi connectivity index (χ1n) is 10.6. The molecule has 1 aliphatic heterocycles. The minimum absolute atomic E-state index is 0.107. The minimum atomic E-state index is -0.223. The zero-order valence-electron chi connectivity index (χ0n) is 18.7. The van der Waals surface area contributed by atoms with Gasteiger partial charge in [0.25, 0.3) is 0 Å². The second kappa shape index (κ2) is 10.5. The lowest BCUT2D eigenvalue weighted by Gasteiger charge is -2.33. The van der Waals surface area contributed by atoms with Crippen molar-refractivity contribution in [2.45, 2.75) is 66.0 Å². The van der Waals surface area contributed by atoms with Gasteiger partial charge in [-0.25, -0.2) is 4.98 Å². The van der Waals surface area contributed by atoms with Gasteiger partial charge < -0.3 is 21.3 Å². The number of guanidine groups is 1. The fraction of sp³-hybridized carbons (Fsp3) is 0.682. The van der Waals surface area contributed by atoms with Gasteiger partial charge in [-0.15, -0.1) is 0 Å².